The standard InChI is InChI=1S/C23H26FN7O/c1-4-30-11-8-19(23(2,24)14-30)27-22-28-21(32-3)20-16(7-12-31(20)29-22)15-5-6-17-18(13-15)26-10-9-25-17/h5-7,9-10,12-13,19H,4,8,11,14H2,1-3H3,(H,27,29)/t19-,23?/m1/s1. The van der Waals surface area contributed by atoms with Gasteiger partial charge < -0.3 is 15.0 Å². The molecule has 5 rings (SSSR count). The molecule has 1 aliphatic rings. The van der Waals surface area contributed by atoms with Crippen molar-refractivity contribution in [3.8, 4) is 17.0 Å². The highest BCUT2D eigenvalue weighted by Crippen LogP contribution is 2.33. The van der Waals surface area contributed by atoms with E-state index < -0.39 is 5.67 Å². The second-order valence-electron chi connectivity index (χ2n) is 8.36. The van der Waals surface area contributed by atoms with Gasteiger partial charge in [0.25, 0.3) is 0 Å². The van der Waals surface area contributed by atoms with E-state index in [0.29, 0.717) is 24.8 Å². The van der Waals surface area contributed by atoms with E-state index in [0.717, 1.165) is 40.8 Å². The van der Waals surface area contributed by atoms with Gasteiger partial charge in [-0.3, -0.25) is 9.97 Å². The molecule has 8 nitrogen and oxygen atoms in total. The summed E-state index contributed by atoms with van der Waals surface area (Å²) in [4.78, 5) is 15.4. The summed E-state index contributed by atoms with van der Waals surface area (Å²) < 4.78 is 22.6. The molecule has 32 heavy (non-hydrogen) atoms. The first-order chi connectivity index (χ1) is 15.5. The van der Waals surface area contributed by atoms with Crippen molar-refractivity contribution in [3.05, 3.63) is 42.9 Å². The van der Waals surface area contributed by atoms with E-state index in [4.69, 9.17) is 4.74 Å². The SMILES string of the molecule is CCN1CC[C@@H](Nc2nc(OC)c3c(-c4ccc5nccnc5c4)ccn3n2)C(C)(F)C1. The number of alkyl halides is 1. The van der Waals surface area contributed by atoms with Gasteiger partial charge in [0.1, 0.15) is 11.2 Å². The fraction of sp³-hybridized carbons (Fsp3) is 0.391. The van der Waals surface area contributed by atoms with Crippen molar-refractivity contribution >= 4 is 22.5 Å². The van der Waals surface area contributed by atoms with Crippen LogP contribution in [0.15, 0.2) is 42.9 Å². The number of anilines is 1. The molecular formula is C23H26FN7O. The summed E-state index contributed by atoms with van der Waals surface area (Å²) in [6.45, 7) is 5.76. The van der Waals surface area contributed by atoms with Crippen LogP contribution in [0, 0.1) is 0 Å². The van der Waals surface area contributed by atoms with Crippen LogP contribution < -0.4 is 10.1 Å². The molecule has 166 valence electrons. The van der Waals surface area contributed by atoms with Gasteiger partial charge in [-0.15, -0.1) is 5.10 Å². The highest BCUT2D eigenvalue weighted by molar-refractivity contribution is 5.89. The molecule has 1 aliphatic heterocycles. The van der Waals surface area contributed by atoms with Gasteiger partial charge in [0.05, 0.1) is 24.2 Å². The topological polar surface area (TPSA) is 80.5 Å². The number of halogens is 1. The molecule has 0 saturated carbocycles. The number of likely N-dealkylation sites (tertiary alicyclic amines) is 1. The molecular weight excluding hydrogens is 409 g/mol. The van der Waals surface area contributed by atoms with Crippen LogP contribution in [0.4, 0.5) is 10.3 Å². The fourth-order valence-electron chi connectivity index (χ4n) is 4.45. The lowest BCUT2D eigenvalue weighted by Gasteiger charge is -2.41. The Bertz CT molecular complexity index is 1270. The second kappa shape index (κ2) is 7.98. The van der Waals surface area contributed by atoms with Crippen molar-refractivity contribution < 1.29 is 9.13 Å². The van der Waals surface area contributed by atoms with Gasteiger partial charge >= 0.3 is 0 Å². The Morgan fingerprint density at radius 3 is 2.78 bits per heavy atom. The first kappa shape index (κ1) is 20.6. The van der Waals surface area contributed by atoms with E-state index in [1.165, 1.54) is 0 Å². The molecule has 1 fully saturated rings. The average molecular weight is 436 g/mol. The Morgan fingerprint density at radius 1 is 1.22 bits per heavy atom. The molecule has 1 N–H and O–H groups in total. The van der Waals surface area contributed by atoms with E-state index in [1.54, 1.807) is 30.9 Å². The molecule has 1 saturated heterocycles. The summed E-state index contributed by atoms with van der Waals surface area (Å²) >= 11 is 0. The molecule has 1 unspecified atom stereocenters. The third kappa shape index (κ3) is 3.62. The first-order valence-electron chi connectivity index (χ1n) is 10.8. The number of fused-ring (bicyclic) bond motifs is 2. The minimum atomic E-state index is -1.38. The lowest BCUT2D eigenvalue weighted by Crippen LogP contribution is -2.55. The van der Waals surface area contributed by atoms with Gasteiger partial charge in [0.2, 0.25) is 11.8 Å². The van der Waals surface area contributed by atoms with E-state index >= 15 is 4.39 Å². The summed E-state index contributed by atoms with van der Waals surface area (Å²) in [5.74, 6) is 0.771. The number of rotatable bonds is 5. The van der Waals surface area contributed by atoms with Crippen molar-refractivity contribution in [3.63, 3.8) is 0 Å². The predicted molar refractivity (Wildman–Crippen MR) is 122 cm³/mol. The predicted octanol–water partition coefficient (Wildman–Crippen LogP) is 3.58. The Kier molecular flexibility index (Phi) is 5.13. The quantitative estimate of drug-likeness (QED) is 0.513. The lowest BCUT2D eigenvalue weighted by molar-refractivity contribution is 0.0508. The van der Waals surface area contributed by atoms with Gasteiger partial charge in [-0.2, -0.15) is 4.98 Å². The number of nitrogens with one attached hydrogen (secondary N) is 1. The Morgan fingerprint density at radius 2 is 2.03 bits per heavy atom. The Balaban J connectivity index is 1.50. The van der Waals surface area contributed by atoms with Crippen LogP contribution in [0.3, 0.4) is 0 Å². The summed E-state index contributed by atoms with van der Waals surface area (Å²) in [5, 5.41) is 7.81. The van der Waals surface area contributed by atoms with Crippen molar-refractivity contribution in [2.75, 3.05) is 32.1 Å². The summed E-state index contributed by atoms with van der Waals surface area (Å²) in [6.07, 6.45) is 5.89. The van der Waals surface area contributed by atoms with Crippen LogP contribution in [0.5, 0.6) is 5.88 Å². The van der Waals surface area contributed by atoms with Gasteiger partial charge in [-0.05, 0) is 43.7 Å². The molecule has 0 bridgehead atoms. The minimum Gasteiger partial charge on any atom is -0.479 e. The van der Waals surface area contributed by atoms with Crippen LogP contribution in [0.25, 0.3) is 27.7 Å². The molecule has 9 heteroatoms. The maximum atomic E-state index is 15.3. The van der Waals surface area contributed by atoms with Crippen molar-refractivity contribution in [2.24, 2.45) is 0 Å². The molecule has 0 radical (unpaired) electrons. The third-order valence-corrected chi connectivity index (χ3v) is 6.20. The largest absolute Gasteiger partial charge is 0.479 e. The number of ether oxygens (including phenoxy) is 1. The normalized spacial score (nSPS) is 21.8. The highest BCUT2D eigenvalue weighted by Gasteiger charge is 2.40. The molecule has 1 aromatic carbocycles. The van der Waals surface area contributed by atoms with Crippen LogP contribution in [0.1, 0.15) is 20.3 Å². The van der Waals surface area contributed by atoms with Crippen LogP contribution >= 0.6 is 0 Å². The number of methoxy groups -OCH3 is 1. The van der Waals surface area contributed by atoms with Gasteiger partial charge in [0, 0.05) is 37.2 Å². The second-order valence-corrected chi connectivity index (χ2v) is 8.36. The van der Waals surface area contributed by atoms with Crippen LogP contribution in [-0.4, -0.2) is 67.9 Å². The zero-order valence-corrected chi connectivity index (χ0v) is 18.4. The van der Waals surface area contributed by atoms with Crippen molar-refractivity contribution in [1.29, 1.82) is 0 Å². The van der Waals surface area contributed by atoms with E-state index in [-0.39, 0.29) is 6.04 Å². The monoisotopic (exact) mass is 435 g/mol. The number of hydrogen-bond acceptors (Lipinski definition) is 7. The number of piperidine rings is 1. The lowest BCUT2D eigenvalue weighted by atomic mass is 9.91. The molecule has 4 heterocycles. The molecule has 0 aliphatic carbocycles. The molecule has 3 aromatic heterocycles. The number of nitrogens with zero attached hydrogens (tertiary/aromatic N) is 6. The summed E-state index contributed by atoms with van der Waals surface area (Å²) in [5.41, 5.74) is 2.89. The summed E-state index contributed by atoms with van der Waals surface area (Å²) in [7, 11) is 1.58. The Hall–Kier alpha value is -3.33. The maximum Gasteiger partial charge on any atom is 0.244 e. The zero-order valence-electron chi connectivity index (χ0n) is 18.4. The van der Waals surface area contributed by atoms with Crippen molar-refractivity contribution in [1.82, 2.24) is 29.5 Å². The van der Waals surface area contributed by atoms with E-state index in [9.17, 15) is 0 Å². The number of hydrogen-bond donors (Lipinski definition) is 1. The average Bonchev–Trinajstić information content (AvgIpc) is 3.23. The van der Waals surface area contributed by atoms with Gasteiger partial charge in [-0.1, -0.05) is 13.0 Å². The smallest absolute Gasteiger partial charge is 0.244 e. The fourth-order valence-corrected chi connectivity index (χ4v) is 4.45. The molecule has 0 amide bonds. The first-order valence-corrected chi connectivity index (χ1v) is 10.8. The molecule has 0 spiro atoms. The number of benzene rings is 1. The Labute approximate surface area is 185 Å². The van der Waals surface area contributed by atoms with Crippen LogP contribution in [0.2, 0.25) is 0 Å². The third-order valence-electron chi connectivity index (χ3n) is 6.20. The van der Waals surface area contributed by atoms with Crippen molar-refractivity contribution in [2.45, 2.75) is 32.0 Å². The molecule has 2 atom stereocenters. The van der Waals surface area contributed by atoms with E-state index in [1.807, 2.05) is 30.5 Å². The van der Waals surface area contributed by atoms with Gasteiger partial charge in [0.15, 0.2) is 0 Å². The van der Waals surface area contributed by atoms with Crippen LogP contribution in [-0.2, 0) is 0 Å². The zero-order chi connectivity index (χ0) is 22.3. The minimum absolute atomic E-state index is 0.347. The highest BCUT2D eigenvalue weighted by atomic mass is 19.1. The summed E-state index contributed by atoms with van der Waals surface area (Å²) in [6, 6.07) is 7.51. The number of aromatic nitrogens is 5. The molecule has 4 aromatic rings. The van der Waals surface area contributed by atoms with E-state index in [2.05, 4.69) is 37.2 Å². The van der Waals surface area contributed by atoms with Gasteiger partial charge in [-0.25, -0.2) is 8.91 Å². The maximum absolute atomic E-state index is 15.3.